The first-order valence-corrected chi connectivity index (χ1v) is 38.4. The van der Waals surface area contributed by atoms with Crippen LogP contribution in [0.3, 0.4) is 0 Å². The van der Waals surface area contributed by atoms with Gasteiger partial charge in [0.05, 0.1) is 56.6 Å². The molecule has 22 rings (SSSR count). The molecule has 0 unspecified atom stereocenters. The number of hydrogen-bond donors (Lipinski definition) is 0. The number of benzene rings is 13. The number of halogens is 6. The summed E-state index contributed by atoms with van der Waals surface area (Å²) < 4.78 is 112. The molecule has 0 saturated carbocycles. The summed E-state index contributed by atoms with van der Waals surface area (Å²) in [7, 11) is 0. The van der Waals surface area contributed by atoms with Crippen LogP contribution in [0, 0.1) is 105 Å². The number of rotatable bonds is 2. The Morgan fingerprint density at radius 1 is 0.250 bits per heavy atom. The molecule has 0 spiro atoms. The first kappa shape index (κ1) is 71.0. The van der Waals surface area contributed by atoms with Crippen molar-refractivity contribution in [1.29, 1.82) is 0 Å². The number of nitrogens with zero attached hydrogens (tertiary/aromatic N) is 14. The maximum Gasteiger partial charge on any atom is 0.269 e. The molecule has 26 heteroatoms. The molecular formula is C86H56F6N14O2S4. The molecule has 0 bridgehead atoms. The first-order valence-electron chi connectivity index (χ1n) is 35.2. The molecular weight excluding hydrogens is 1500 g/mol. The van der Waals surface area contributed by atoms with Crippen molar-refractivity contribution in [3.8, 4) is 22.3 Å². The van der Waals surface area contributed by atoms with Gasteiger partial charge in [-0.2, -0.15) is 43.8 Å². The average Bonchev–Trinajstić information content (AvgIpc) is 1.50. The lowest BCUT2D eigenvalue weighted by Gasteiger charge is -2.19. The van der Waals surface area contributed by atoms with Crippen molar-refractivity contribution in [1.82, 2.24) is 68.0 Å². The van der Waals surface area contributed by atoms with Crippen molar-refractivity contribution in [3.05, 3.63) is 248 Å². The molecule has 0 aliphatic rings. The van der Waals surface area contributed by atoms with Crippen molar-refractivity contribution in [2.75, 3.05) is 0 Å². The number of thiophene rings is 2. The van der Waals surface area contributed by atoms with E-state index in [0.717, 1.165) is 196 Å². The second-order valence-electron chi connectivity index (χ2n) is 27.5. The summed E-state index contributed by atoms with van der Waals surface area (Å²) in [5.74, 6) is -6.97. The fraction of sp³-hybridized carbons (Fsp3) is 0.116. The Hall–Kier alpha value is -12.6. The van der Waals surface area contributed by atoms with E-state index in [-0.39, 0.29) is 0 Å². The van der Waals surface area contributed by atoms with E-state index in [9.17, 15) is 26.3 Å². The highest BCUT2D eigenvalue weighted by atomic mass is 32.1. The van der Waals surface area contributed by atoms with Gasteiger partial charge in [-0.3, -0.25) is 0 Å². The van der Waals surface area contributed by atoms with Gasteiger partial charge >= 0.3 is 0 Å². The van der Waals surface area contributed by atoms with E-state index in [1.54, 1.807) is 22.7 Å². The average molecular weight is 1560 g/mol. The van der Waals surface area contributed by atoms with Crippen LogP contribution >= 0.6 is 46.1 Å². The zero-order valence-electron chi connectivity index (χ0n) is 61.0. The van der Waals surface area contributed by atoms with E-state index in [4.69, 9.17) is 9.26 Å². The van der Waals surface area contributed by atoms with Crippen molar-refractivity contribution >= 4 is 208 Å². The minimum Gasteiger partial charge on any atom is -0.243 e. The predicted molar refractivity (Wildman–Crippen MR) is 438 cm³/mol. The minimum atomic E-state index is -1.17. The normalized spacial score (nSPS) is 11.8. The summed E-state index contributed by atoms with van der Waals surface area (Å²) in [5.41, 5.74) is 22.5. The molecule has 0 aliphatic heterocycles. The molecule has 0 aliphatic carbocycles. The van der Waals surface area contributed by atoms with Crippen LogP contribution in [0.5, 0.6) is 0 Å². The maximum absolute atomic E-state index is 13.8. The van der Waals surface area contributed by atoms with Crippen LogP contribution in [0.15, 0.2) is 166 Å². The Labute approximate surface area is 646 Å². The molecule has 0 fully saturated rings. The lowest BCUT2D eigenvalue weighted by Crippen LogP contribution is -2.03. The van der Waals surface area contributed by atoms with Gasteiger partial charge in [-0.25, -0.2) is 39.2 Å². The quantitative estimate of drug-likeness (QED) is 0.0896. The van der Waals surface area contributed by atoms with Gasteiger partial charge in [0.2, 0.25) is 0 Å². The summed E-state index contributed by atoms with van der Waals surface area (Å²) in [5, 5.41) is 35.1. The van der Waals surface area contributed by atoms with Gasteiger partial charge in [0.25, 0.3) is 35.7 Å². The van der Waals surface area contributed by atoms with Gasteiger partial charge in [-0.05, 0) is 247 Å². The minimum absolute atomic E-state index is 0.389. The number of fused-ring (bicyclic) bond motifs is 25. The van der Waals surface area contributed by atoms with E-state index >= 15 is 0 Å². The number of aromatic nitrogens is 14. The second kappa shape index (κ2) is 27.7. The van der Waals surface area contributed by atoms with Crippen molar-refractivity contribution in [2.45, 2.75) is 69.2 Å². The SMILES string of the molecule is Cc1c(-c2ccccc2)c(-c2ccccc2)c(C)c2nc(F)c(F)nc12.Cc1c2nc(F)c(F)nc2c(C)c2c3ccccc3c3ccccc3c12.Cc1c2nc(F)c(F)nc2c(C)c2c3sccc3c3ccsc3c12.Cc1cc2c(cc(C)c3nonc32)c2nonc12.Cc1cc2c(cc(C)c3nsnc32)c2nsnc12. The van der Waals surface area contributed by atoms with Gasteiger partial charge < -0.3 is 0 Å². The number of aryl methyl sites for hydroxylation is 10. The predicted octanol–water partition coefficient (Wildman–Crippen LogP) is 23.9. The van der Waals surface area contributed by atoms with E-state index in [0.29, 0.717) is 33.1 Å². The van der Waals surface area contributed by atoms with Gasteiger partial charge in [0.1, 0.15) is 44.1 Å². The molecule has 13 aromatic carbocycles. The fourth-order valence-electron chi connectivity index (χ4n) is 15.8. The third-order valence-electron chi connectivity index (χ3n) is 20.9. The van der Waals surface area contributed by atoms with Crippen LogP contribution in [0.25, 0.3) is 184 Å². The standard InChI is InChI=1S/C22H14F2N2.C22H16F2N2.C18H10F2N2S2.C12H8N4O2.C12H8N4S2/c1-11-17-15-9-5-3-7-13(15)14-8-4-6-10-16(14)18(17)12(2)20-19(11)25-21(23)22(24)26-20;1-13-17(15-9-5-3-6-10-15)18(16-11-7-4-8-12-16)14(2)20-19(13)25-21(23)22(24)26-20;1-7-11-12(8(2)14-13(7)21-17(19)18(20)22-14)16-10(4-6-24-16)9-3-5-23-15(9)11;2*1-5-3-7-8(11-9(5)13-17-15-11)4-6(2)10-12(7)16-18-14-10/h3-10H,1-2H3;3-12H,1-2H3;3-6H,1-2H3;2*3-4H,1-2H3. The topological polar surface area (TPSA) is 207 Å². The third kappa shape index (κ3) is 11.4. The third-order valence-corrected chi connectivity index (χ3v) is 23.9. The van der Waals surface area contributed by atoms with Gasteiger partial charge in [0.15, 0.2) is 0 Å². The summed E-state index contributed by atoms with van der Waals surface area (Å²) in [6.45, 7) is 19.4. The molecule has 0 saturated heterocycles. The van der Waals surface area contributed by atoms with E-state index in [1.807, 2.05) is 152 Å². The lowest BCUT2D eigenvalue weighted by molar-refractivity contribution is 0.315. The molecule has 9 heterocycles. The van der Waals surface area contributed by atoms with E-state index < -0.39 is 35.7 Å². The Morgan fingerprint density at radius 3 is 0.875 bits per heavy atom. The van der Waals surface area contributed by atoms with Gasteiger partial charge in [0, 0.05) is 52.5 Å². The molecule has 9 aromatic heterocycles. The zero-order chi connectivity index (χ0) is 77.4. The van der Waals surface area contributed by atoms with Crippen molar-refractivity contribution < 1.29 is 35.6 Å². The van der Waals surface area contributed by atoms with Gasteiger partial charge in [-0.15, -0.1) is 22.7 Å². The first-order chi connectivity index (χ1) is 54.2. The Bertz CT molecular complexity index is 7100. The monoisotopic (exact) mass is 1560 g/mol. The Kier molecular flexibility index (Phi) is 17.6. The smallest absolute Gasteiger partial charge is 0.243 e. The molecule has 0 radical (unpaired) electrons. The van der Waals surface area contributed by atoms with Crippen LogP contribution in [0.4, 0.5) is 26.3 Å². The largest absolute Gasteiger partial charge is 0.269 e. The van der Waals surface area contributed by atoms with Crippen molar-refractivity contribution in [3.63, 3.8) is 0 Å². The maximum atomic E-state index is 13.8. The highest BCUT2D eigenvalue weighted by Crippen LogP contribution is 2.47. The van der Waals surface area contributed by atoms with Crippen LogP contribution < -0.4 is 0 Å². The molecule has 112 heavy (non-hydrogen) atoms. The van der Waals surface area contributed by atoms with Crippen LogP contribution in [0.1, 0.15) is 55.6 Å². The van der Waals surface area contributed by atoms with Crippen LogP contribution in [-0.4, -0.2) is 68.0 Å². The Balaban J connectivity index is 0.0000000985. The lowest BCUT2D eigenvalue weighted by atomic mass is 9.86. The highest BCUT2D eigenvalue weighted by molar-refractivity contribution is 7.21. The van der Waals surface area contributed by atoms with Crippen LogP contribution in [-0.2, 0) is 0 Å². The number of hydrogen-bond acceptors (Lipinski definition) is 20. The zero-order valence-corrected chi connectivity index (χ0v) is 64.3. The van der Waals surface area contributed by atoms with Gasteiger partial charge in [-0.1, -0.05) is 109 Å². The van der Waals surface area contributed by atoms with Crippen LogP contribution in [0.2, 0.25) is 0 Å². The molecule has 0 N–H and O–H groups in total. The summed E-state index contributed by atoms with van der Waals surface area (Å²) in [6.07, 6.45) is 0. The van der Waals surface area contributed by atoms with Crippen molar-refractivity contribution in [2.24, 2.45) is 0 Å². The van der Waals surface area contributed by atoms with E-state index in [1.165, 1.54) is 34.2 Å². The summed E-state index contributed by atoms with van der Waals surface area (Å²) >= 11 is 5.85. The van der Waals surface area contributed by atoms with E-state index in [2.05, 4.69) is 141 Å². The summed E-state index contributed by atoms with van der Waals surface area (Å²) in [6, 6.07) is 48.6. The molecule has 0 amide bonds. The second-order valence-corrected chi connectivity index (χ2v) is 30.4. The highest BCUT2D eigenvalue weighted by Gasteiger charge is 2.26. The molecule has 22 aromatic rings. The fourth-order valence-corrected chi connectivity index (χ4v) is 19.1. The molecule has 548 valence electrons. The molecule has 0 atom stereocenters. The Morgan fingerprint density at radius 2 is 0.527 bits per heavy atom. The summed E-state index contributed by atoms with van der Waals surface area (Å²) in [4.78, 5) is 23.1. The molecule has 16 nitrogen and oxygen atoms in total.